The van der Waals surface area contributed by atoms with Crippen molar-refractivity contribution >= 4 is 21.5 Å². The van der Waals surface area contributed by atoms with Crippen LogP contribution in [0.1, 0.15) is 42.8 Å². The molecule has 0 radical (unpaired) electrons. The third-order valence-corrected chi connectivity index (χ3v) is 9.03. The predicted molar refractivity (Wildman–Crippen MR) is 190 cm³/mol. The topological polar surface area (TPSA) is 9.23 Å². The first-order valence-electron chi connectivity index (χ1n) is 22.2. The quantitative estimate of drug-likeness (QED) is 0.180. The van der Waals surface area contributed by atoms with Crippen LogP contribution < -0.4 is 4.74 Å². The first-order valence-corrected chi connectivity index (χ1v) is 14.7. The highest BCUT2D eigenvalue weighted by Crippen LogP contribution is 2.62. The average molecular weight is 600 g/mol. The Morgan fingerprint density at radius 1 is 0.413 bits per heavy atom. The molecule has 0 saturated heterocycles. The zero-order valence-corrected chi connectivity index (χ0v) is 23.9. The number of hydrogen-bond acceptors (Lipinski definition) is 1. The van der Waals surface area contributed by atoms with Crippen molar-refractivity contribution in [3.63, 3.8) is 0 Å². The second-order valence-corrected chi connectivity index (χ2v) is 11.2. The minimum absolute atomic E-state index is 0.124. The predicted octanol–water partition coefficient (Wildman–Crippen LogP) is 11.8. The standard InChI is InChI=1S/C45H28O/c1-2-13-31-29(12-1)24-26-36-34(31)18-11-19-35(36)33-15-4-3-14-32(33)30-25-27-44-42(28-30)45(41-22-9-10-23-43(41)46-44)39-20-7-5-16-37(39)38-17-6-8-21-40(38)45/h1-28H/i5D,6D,7D,8D,9D,10D,16D,17D,20D,21D,22D,23D,25D,27D,28D. The van der Waals surface area contributed by atoms with E-state index in [2.05, 4.69) is 0 Å². The molecular formula is C45H28O. The Hall–Kier alpha value is -5.92. The number of rotatable bonds is 2. The van der Waals surface area contributed by atoms with Crippen molar-refractivity contribution in [2.75, 3.05) is 0 Å². The van der Waals surface area contributed by atoms with Gasteiger partial charge in [0.05, 0.1) is 26.0 Å². The Balaban J connectivity index is 1.43. The Kier molecular flexibility index (Phi) is 3.09. The van der Waals surface area contributed by atoms with Crippen LogP contribution in [0.3, 0.4) is 0 Å². The molecule has 8 aromatic carbocycles. The minimum atomic E-state index is -2.54. The van der Waals surface area contributed by atoms with Gasteiger partial charge in [0.25, 0.3) is 0 Å². The van der Waals surface area contributed by atoms with Crippen molar-refractivity contribution in [1.82, 2.24) is 0 Å². The molecule has 0 unspecified atom stereocenters. The molecule has 8 aromatic rings. The van der Waals surface area contributed by atoms with Crippen molar-refractivity contribution < 1.29 is 25.3 Å². The van der Waals surface area contributed by atoms with Crippen molar-refractivity contribution in [3.05, 3.63) is 192 Å². The summed E-state index contributed by atoms with van der Waals surface area (Å²) in [4.78, 5) is 0. The molecule has 214 valence electrons. The molecule has 1 nitrogen and oxygen atoms in total. The largest absolute Gasteiger partial charge is 0.457 e. The van der Waals surface area contributed by atoms with Crippen LogP contribution in [0.25, 0.3) is 54.9 Å². The number of hydrogen-bond donors (Lipinski definition) is 0. The number of benzene rings is 8. The third kappa shape index (κ3) is 3.35. The summed E-state index contributed by atoms with van der Waals surface area (Å²) in [7, 11) is 0. The van der Waals surface area contributed by atoms with Crippen molar-refractivity contribution in [1.29, 1.82) is 0 Å². The molecule has 1 heteroatoms. The fourth-order valence-electron chi connectivity index (χ4n) is 7.14. The van der Waals surface area contributed by atoms with Crippen LogP contribution >= 0.6 is 0 Å². The van der Waals surface area contributed by atoms with Gasteiger partial charge in [0.1, 0.15) is 11.5 Å². The molecule has 1 aliphatic carbocycles. The molecule has 0 aromatic heterocycles. The maximum atomic E-state index is 10.2. The van der Waals surface area contributed by atoms with E-state index in [1.807, 2.05) is 60.7 Å². The maximum absolute atomic E-state index is 10.2. The van der Waals surface area contributed by atoms with Gasteiger partial charge >= 0.3 is 0 Å². The SMILES string of the molecule is [2H]c1c([2H])c([2H])c2c(c1[2H])Oc1c([2H])c([2H])c(-c3ccccc3-c3cccc4c3ccc3ccccc34)c([2H])c1C21c2c([2H])c([2H])c([2H])c([2H])c2-c2c([2H])c([2H])c([2H])c([2H])c21. The van der Waals surface area contributed by atoms with E-state index in [0.717, 1.165) is 27.1 Å². The van der Waals surface area contributed by atoms with E-state index >= 15 is 0 Å². The van der Waals surface area contributed by atoms with Gasteiger partial charge in [-0.1, -0.05) is 151 Å². The lowest BCUT2D eigenvalue weighted by Crippen LogP contribution is -2.32. The van der Waals surface area contributed by atoms with Crippen LogP contribution in [0, 0.1) is 0 Å². The van der Waals surface area contributed by atoms with Crippen LogP contribution in [0.5, 0.6) is 11.5 Å². The van der Waals surface area contributed by atoms with E-state index in [9.17, 15) is 11.0 Å². The van der Waals surface area contributed by atoms with Crippen LogP contribution in [0.2, 0.25) is 0 Å². The van der Waals surface area contributed by atoms with Crippen LogP contribution in [0.15, 0.2) is 169 Å². The van der Waals surface area contributed by atoms with Crippen molar-refractivity contribution in [3.8, 4) is 44.9 Å². The van der Waals surface area contributed by atoms with E-state index in [1.54, 1.807) is 18.2 Å². The molecule has 0 saturated carbocycles. The Morgan fingerprint density at radius 3 is 1.87 bits per heavy atom. The van der Waals surface area contributed by atoms with Crippen LogP contribution in [-0.4, -0.2) is 0 Å². The highest BCUT2D eigenvalue weighted by atomic mass is 16.5. The van der Waals surface area contributed by atoms with Gasteiger partial charge in [-0.05, 0) is 84.2 Å². The number of fused-ring (bicyclic) bond motifs is 12. The van der Waals surface area contributed by atoms with E-state index < -0.39 is 124 Å². The van der Waals surface area contributed by atoms with Crippen molar-refractivity contribution in [2.24, 2.45) is 0 Å². The molecule has 0 N–H and O–H groups in total. The van der Waals surface area contributed by atoms with Gasteiger partial charge in [-0.15, -0.1) is 0 Å². The first-order chi connectivity index (χ1) is 29.1. The lowest BCUT2D eigenvalue weighted by atomic mass is 9.65. The smallest absolute Gasteiger partial charge is 0.132 e. The summed E-state index contributed by atoms with van der Waals surface area (Å²) in [5, 5.41) is 3.81. The van der Waals surface area contributed by atoms with Gasteiger partial charge in [-0.2, -0.15) is 0 Å². The number of para-hydroxylation sites is 1. The monoisotopic (exact) mass is 599 g/mol. The van der Waals surface area contributed by atoms with E-state index in [1.165, 1.54) is 0 Å². The summed E-state index contributed by atoms with van der Waals surface area (Å²) >= 11 is 0. The molecule has 1 heterocycles. The Bertz CT molecular complexity index is 3290. The fourth-order valence-corrected chi connectivity index (χ4v) is 7.14. The summed E-state index contributed by atoms with van der Waals surface area (Å²) in [5.41, 5.74) is -3.42. The summed E-state index contributed by atoms with van der Waals surface area (Å²) in [6, 6.07) is 14.1. The van der Waals surface area contributed by atoms with Gasteiger partial charge in [0.15, 0.2) is 0 Å². The highest BCUT2D eigenvalue weighted by molar-refractivity contribution is 6.13. The highest BCUT2D eigenvalue weighted by Gasteiger charge is 2.51. The molecular weight excluding hydrogens is 556 g/mol. The van der Waals surface area contributed by atoms with Crippen molar-refractivity contribution in [2.45, 2.75) is 5.41 Å². The minimum Gasteiger partial charge on any atom is -0.457 e. The van der Waals surface area contributed by atoms with Crippen LogP contribution in [0.4, 0.5) is 0 Å². The summed E-state index contributed by atoms with van der Waals surface area (Å²) in [6.45, 7) is 0. The lowest BCUT2D eigenvalue weighted by Gasteiger charge is -2.39. The normalized spacial score (nSPS) is 18.1. The number of ether oxygens (including phenoxy) is 1. The maximum Gasteiger partial charge on any atom is 0.132 e. The summed E-state index contributed by atoms with van der Waals surface area (Å²) in [6.07, 6.45) is 0. The van der Waals surface area contributed by atoms with Gasteiger partial charge in [0, 0.05) is 11.1 Å². The molecule has 1 spiro atoms. The second-order valence-electron chi connectivity index (χ2n) is 11.2. The van der Waals surface area contributed by atoms with Gasteiger partial charge in [-0.3, -0.25) is 0 Å². The van der Waals surface area contributed by atoms with Gasteiger partial charge in [0.2, 0.25) is 0 Å². The zero-order valence-electron chi connectivity index (χ0n) is 38.9. The molecule has 2 aliphatic rings. The average Bonchev–Trinajstić information content (AvgIpc) is 3.57. The van der Waals surface area contributed by atoms with Gasteiger partial charge < -0.3 is 4.74 Å². The van der Waals surface area contributed by atoms with Crippen LogP contribution in [-0.2, 0) is 5.41 Å². The molecule has 0 fully saturated rings. The molecule has 0 amide bonds. The zero-order chi connectivity index (χ0) is 43.3. The van der Waals surface area contributed by atoms with Gasteiger partial charge in [-0.25, -0.2) is 0 Å². The fraction of sp³-hybridized carbons (Fsp3) is 0.0222. The third-order valence-electron chi connectivity index (χ3n) is 9.03. The molecule has 10 rings (SSSR count). The van der Waals surface area contributed by atoms with E-state index in [-0.39, 0.29) is 22.3 Å². The molecule has 0 bridgehead atoms. The van der Waals surface area contributed by atoms with E-state index in [0.29, 0.717) is 11.1 Å². The Labute approximate surface area is 289 Å². The summed E-state index contributed by atoms with van der Waals surface area (Å²) < 4.78 is 144. The molecule has 0 atom stereocenters. The Morgan fingerprint density at radius 2 is 1.04 bits per heavy atom. The molecule has 46 heavy (non-hydrogen) atoms. The summed E-state index contributed by atoms with van der Waals surface area (Å²) in [5.74, 6) is -1.12. The first kappa shape index (κ1) is 14.9. The lowest BCUT2D eigenvalue weighted by molar-refractivity contribution is 0.436. The molecule has 1 aliphatic heterocycles. The van der Waals surface area contributed by atoms with E-state index in [4.69, 9.17) is 14.3 Å². The second kappa shape index (κ2) is 9.54.